The third kappa shape index (κ3) is 2.89. The van der Waals surface area contributed by atoms with Crippen molar-refractivity contribution >= 4 is 11.6 Å². The van der Waals surface area contributed by atoms with Crippen LogP contribution in [-0.4, -0.2) is 17.5 Å². The highest BCUT2D eigenvalue weighted by atomic mass is 16.1. The quantitative estimate of drug-likeness (QED) is 0.934. The molecule has 0 aliphatic carbocycles. The SMILES string of the molecule is NC(=O)C1=CN(Cc2ccccc2)N(c2ccccc2)C1. The van der Waals surface area contributed by atoms with Crippen molar-refractivity contribution in [2.75, 3.05) is 11.6 Å². The standard InChI is InChI=1S/C17H17N3O/c18-17(21)15-12-19(11-14-7-3-1-4-8-14)20(13-15)16-9-5-2-6-10-16/h1-10,12H,11,13H2,(H2,18,21). The highest BCUT2D eigenvalue weighted by Crippen LogP contribution is 2.25. The third-order valence-corrected chi connectivity index (χ3v) is 3.49. The highest BCUT2D eigenvalue weighted by Gasteiger charge is 2.25. The van der Waals surface area contributed by atoms with E-state index in [1.807, 2.05) is 59.7 Å². The van der Waals surface area contributed by atoms with Crippen LogP contribution in [0.4, 0.5) is 5.69 Å². The Kier molecular flexibility index (Phi) is 3.60. The number of primary amides is 1. The molecule has 0 aromatic heterocycles. The molecule has 0 saturated heterocycles. The van der Waals surface area contributed by atoms with Gasteiger partial charge in [0.15, 0.2) is 0 Å². The molecule has 0 unspecified atom stereocenters. The molecule has 0 fully saturated rings. The van der Waals surface area contributed by atoms with Crippen molar-refractivity contribution in [1.82, 2.24) is 5.01 Å². The van der Waals surface area contributed by atoms with E-state index in [4.69, 9.17) is 5.73 Å². The van der Waals surface area contributed by atoms with Gasteiger partial charge in [0.25, 0.3) is 0 Å². The van der Waals surface area contributed by atoms with Crippen LogP contribution in [0.25, 0.3) is 0 Å². The van der Waals surface area contributed by atoms with Crippen LogP contribution >= 0.6 is 0 Å². The number of hydrazine groups is 1. The summed E-state index contributed by atoms with van der Waals surface area (Å²) in [7, 11) is 0. The molecule has 0 spiro atoms. The lowest BCUT2D eigenvalue weighted by Crippen LogP contribution is -2.35. The van der Waals surface area contributed by atoms with Gasteiger partial charge in [-0.1, -0.05) is 48.5 Å². The van der Waals surface area contributed by atoms with Crippen molar-refractivity contribution in [2.24, 2.45) is 5.73 Å². The Bertz CT molecular complexity index is 652. The molecule has 1 amide bonds. The van der Waals surface area contributed by atoms with Crippen LogP contribution < -0.4 is 10.7 Å². The molecule has 1 aliphatic rings. The minimum Gasteiger partial charge on any atom is -0.366 e. The minimum absolute atomic E-state index is 0.369. The Balaban J connectivity index is 1.87. The van der Waals surface area contributed by atoms with Crippen molar-refractivity contribution in [3.63, 3.8) is 0 Å². The molecular formula is C17H17N3O. The van der Waals surface area contributed by atoms with E-state index in [0.29, 0.717) is 18.7 Å². The maximum atomic E-state index is 11.5. The molecule has 106 valence electrons. The average molecular weight is 279 g/mol. The smallest absolute Gasteiger partial charge is 0.248 e. The molecule has 4 heteroatoms. The fourth-order valence-electron chi connectivity index (χ4n) is 2.43. The van der Waals surface area contributed by atoms with Crippen molar-refractivity contribution in [3.05, 3.63) is 78.0 Å². The van der Waals surface area contributed by atoms with Gasteiger partial charge in [0, 0.05) is 6.20 Å². The molecule has 4 nitrogen and oxygen atoms in total. The maximum Gasteiger partial charge on any atom is 0.248 e. The lowest BCUT2D eigenvalue weighted by molar-refractivity contribution is -0.114. The van der Waals surface area contributed by atoms with Gasteiger partial charge in [0.2, 0.25) is 5.91 Å². The summed E-state index contributed by atoms with van der Waals surface area (Å²) < 4.78 is 0. The van der Waals surface area contributed by atoms with Crippen LogP contribution in [0.15, 0.2) is 72.4 Å². The van der Waals surface area contributed by atoms with E-state index in [1.165, 1.54) is 5.56 Å². The Morgan fingerprint density at radius 1 is 1.00 bits per heavy atom. The van der Waals surface area contributed by atoms with Gasteiger partial charge in [0.1, 0.15) is 0 Å². The summed E-state index contributed by atoms with van der Waals surface area (Å²) in [5.41, 5.74) is 8.28. The normalized spacial score (nSPS) is 14.2. The largest absolute Gasteiger partial charge is 0.366 e. The third-order valence-electron chi connectivity index (χ3n) is 3.49. The van der Waals surface area contributed by atoms with Crippen molar-refractivity contribution in [1.29, 1.82) is 0 Å². The van der Waals surface area contributed by atoms with Gasteiger partial charge < -0.3 is 5.73 Å². The number of benzene rings is 2. The minimum atomic E-state index is -0.369. The van der Waals surface area contributed by atoms with Crippen molar-refractivity contribution in [2.45, 2.75) is 6.54 Å². The van der Waals surface area contributed by atoms with Crippen LogP contribution in [-0.2, 0) is 11.3 Å². The first kappa shape index (κ1) is 13.2. The van der Waals surface area contributed by atoms with E-state index in [-0.39, 0.29) is 5.91 Å². The van der Waals surface area contributed by atoms with E-state index < -0.39 is 0 Å². The number of rotatable bonds is 4. The Morgan fingerprint density at radius 2 is 1.62 bits per heavy atom. The van der Waals surface area contributed by atoms with Crippen LogP contribution in [0.3, 0.4) is 0 Å². The average Bonchev–Trinajstić information content (AvgIpc) is 2.93. The molecule has 0 bridgehead atoms. The predicted octanol–water partition coefficient (Wildman–Crippen LogP) is 2.29. The zero-order valence-electron chi connectivity index (χ0n) is 11.6. The fourth-order valence-corrected chi connectivity index (χ4v) is 2.43. The zero-order valence-corrected chi connectivity index (χ0v) is 11.6. The number of anilines is 1. The molecular weight excluding hydrogens is 262 g/mol. The maximum absolute atomic E-state index is 11.5. The van der Waals surface area contributed by atoms with Gasteiger partial charge in [-0.25, -0.2) is 0 Å². The van der Waals surface area contributed by atoms with Crippen LogP contribution in [0.1, 0.15) is 5.56 Å². The number of hydrogen-bond acceptors (Lipinski definition) is 3. The summed E-state index contributed by atoms with van der Waals surface area (Å²) in [6.07, 6.45) is 1.84. The summed E-state index contributed by atoms with van der Waals surface area (Å²) in [5.74, 6) is -0.369. The van der Waals surface area contributed by atoms with Gasteiger partial charge in [-0.3, -0.25) is 14.8 Å². The van der Waals surface area contributed by atoms with Crippen LogP contribution in [0.2, 0.25) is 0 Å². The summed E-state index contributed by atoms with van der Waals surface area (Å²) in [6.45, 7) is 1.21. The lowest BCUT2D eigenvalue weighted by Gasteiger charge is -2.31. The van der Waals surface area contributed by atoms with E-state index >= 15 is 0 Å². The highest BCUT2D eigenvalue weighted by molar-refractivity contribution is 5.93. The second kappa shape index (κ2) is 5.71. The summed E-state index contributed by atoms with van der Waals surface area (Å²) in [6, 6.07) is 20.1. The fraction of sp³-hybridized carbons (Fsp3) is 0.118. The zero-order chi connectivity index (χ0) is 14.7. The van der Waals surface area contributed by atoms with Gasteiger partial charge in [-0.15, -0.1) is 0 Å². The first-order chi connectivity index (χ1) is 10.2. The van der Waals surface area contributed by atoms with Crippen molar-refractivity contribution in [3.8, 4) is 0 Å². The Morgan fingerprint density at radius 3 is 2.24 bits per heavy atom. The second-order valence-corrected chi connectivity index (χ2v) is 4.99. The molecule has 21 heavy (non-hydrogen) atoms. The van der Waals surface area contributed by atoms with Gasteiger partial charge >= 0.3 is 0 Å². The van der Waals surface area contributed by atoms with Gasteiger partial charge in [-0.05, 0) is 17.7 Å². The van der Waals surface area contributed by atoms with Crippen molar-refractivity contribution < 1.29 is 4.79 Å². The molecule has 2 aromatic carbocycles. The molecule has 0 saturated carbocycles. The molecule has 0 atom stereocenters. The molecule has 1 heterocycles. The van der Waals surface area contributed by atoms with E-state index in [9.17, 15) is 4.79 Å². The van der Waals surface area contributed by atoms with Crippen LogP contribution in [0, 0.1) is 0 Å². The number of nitrogens with two attached hydrogens (primary N) is 1. The summed E-state index contributed by atoms with van der Waals surface area (Å²) in [5, 5.41) is 4.10. The number of amides is 1. The Labute approximate surface area is 124 Å². The summed E-state index contributed by atoms with van der Waals surface area (Å²) >= 11 is 0. The molecule has 2 aromatic rings. The number of carbonyl (C=O) groups is 1. The van der Waals surface area contributed by atoms with Gasteiger partial charge in [-0.2, -0.15) is 0 Å². The molecule has 1 aliphatic heterocycles. The second-order valence-electron chi connectivity index (χ2n) is 4.99. The molecule has 3 rings (SSSR count). The first-order valence-corrected chi connectivity index (χ1v) is 6.87. The summed E-state index contributed by atoms with van der Waals surface area (Å²) in [4.78, 5) is 11.5. The van der Waals surface area contributed by atoms with E-state index in [0.717, 1.165) is 5.69 Å². The van der Waals surface area contributed by atoms with Gasteiger partial charge in [0.05, 0.1) is 24.4 Å². The first-order valence-electron chi connectivity index (χ1n) is 6.87. The predicted molar refractivity (Wildman–Crippen MR) is 83.1 cm³/mol. The van der Waals surface area contributed by atoms with Crippen LogP contribution in [0.5, 0.6) is 0 Å². The monoisotopic (exact) mass is 279 g/mol. The molecule has 0 radical (unpaired) electrons. The number of carbonyl (C=O) groups excluding carboxylic acids is 1. The topological polar surface area (TPSA) is 49.6 Å². The lowest BCUT2D eigenvalue weighted by atomic mass is 10.2. The number of para-hydroxylation sites is 1. The molecule has 2 N–H and O–H groups in total. The number of hydrogen-bond donors (Lipinski definition) is 1. The van der Waals surface area contributed by atoms with E-state index in [2.05, 4.69) is 17.1 Å². The number of nitrogens with zero attached hydrogens (tertiary/aromatic N) is 2. The van der Waals surface area contributed by atoms with E-state index in [1.54, 1.807) is 0 Å². The Hall–Kier alpha value is -2.75.